The minimum absolute atomic E-state index is 0.00750. The molecule has 2 aromatic rings. The summed E-state index contributed by atoms with van der Waals surface area (Å²) < 4.78 is 39.2. The number of nitrogens with zero attached hydrogens (tertiary/aromatic N) is 4. The number of nitrogens with one attached hydrogen (secondary N) is 1. The second kappa shape index (κ2) is 8.10. The van der Waals surface area contributed by atoms with Gasteiger partial charge in [0.15, 0.2) is 11.5 Å². The number of benzene rings is 1. The quantitative estimate of drug-likeness (QED) is 0.743. The molecular formula is C18H21N5O5S. The van der Waals surface area contributed by atoms with Gasteiger partial charge in [0, 0.05) is 19.7 Å². The van der Waals surface area contributed by atoms with Gasteiger partial charge in [-0.15, -0.1) is 0 Å². The summed E-state index contributed by atoms with van der Waals surface area (Å²) >= 11 is 0. The van der Waals surface area contributed by atoms with Crippen molar-refractivity contribution in [2.45, 2.75) is 23.8 Å². The molecule has 1 amide bonds. The van der Waals surface area contributed by atoms with Crippen LogP contribution in [0.25, 0.3) is 0 Å². The lowest BCUT2D eigenvalue weighted by Gasteiger charge is -2.24. The van der Waals surface area contributed by atoms with Crippen LogP contribution in [0.5, 0.6) is 11.5 Å². The molecule has 1 N–H and O–H groups in total. The smallest absolute Gasteiger partial charge is 0.244 e. The molecule has 1 unspecified atom stereocenters. The Labute approximate surface area is 168 Å². The van der Waals surface area contributed by atoms with Gasteiger partial charge in [-0.3, -0.25) is 9.48 Å². The van der Waals surface area contributed by atoms with Gasteiger partial charge in [-0.2, -0.15) is 14.7 Å². The fraction of sp³-hybridized carbons (Fsp3) is 0.389. The summed E-state index contributed by atoms with van der Waals surface area (Å²) in [6.07, 6.45) is 2.25. The summed E-state index contributed by atoms with van der Waals surface area (Å²) in [6.45, 7) is 0.214. The number of anilines is 1. The molecule has 1 fully saturated rings. The number of methoxy groups -OCH3 is 2. The lowest BCUT2D eigenvalue weighted by molar-refractivity contribution is -0.119. The van der Waals surface area contributed by atoms with E-state index in [9.17, 15) is 13.2 Å². The maximum Gasteiger partial charge on any atom is 0.244 e. The van der Waals surface area contributed by atoms with Gasteiger partial charge >= 0.3 is 0 Å². The van der Waals surface area contributed by atoms with Crippen molar-refractivity contribution in [1.29, 1.82) is 5.26 Å². The standard InChI is InChI=1S/C18H21N5O5S/c1-22-17(12(10-19)11-20-22)21-18(24)14-5-4-8-23(14)29(25,26)13-6-7-15(27-2)16(9-13)28-3/h6-7,9,11,14H,4-5,8H2,1-3H3,(H,21,24). The van der Waals surface area contributed by atoms with Gasteiger partial charge in [-0.1, -0.05) is 0 Å². The zero-order chi connectivity index (χ0) is 21.2. The highest BCUT2D eigenvalue weighted by atomic mass is 32.2. The fourth-order valence-corrected chi connectivity index (χ4v) is 4.94. The molecule has 1 aliphatic rings. The highest BCUT2D eigenvalue weighted by Gasteiger charge is 2.40. The number of hydrogen-bond donors (Lipinski definition) is 1. The average molecular weight is 419 g/mol. The van der Waals surface area contributed by atoms with Crippen LogP contribution in [-0.4, -0.2) is 55.2 Å². The normalized spacial score (nSPS) is 17.0. The monoisotopic (exact) mass is 419 g/mol. The van der Waals surface area contributed by atoms with Crippen LogP contribution in [0.3, 0.4) is 0 Å². The molecule has 1 aromatic carbocycles. The molecule has 11 heteroatoms. The van der Waals surface area contributed by atoms with E-state index in [-0.39, 0.29) is 28.6 Å². The second-order valence-electron chi connectivity index (χ2n) is 6.42. The number of hydrogen-bond acceptors (Lipinski definition) is 7. The highest BCUT2D eigenvalue weighted by Crippen LogP contribution is 2.33. The summed E-state index contributed by atoms with van der Waals surface area (Å²) in [5.41, 5.74) is 0.202. The minimum Gasteiger partial charge on any atom is -0.493 e. The Kier molecular flexibility index (Phi) is 5.76. The van der Waals surface area contributed by atoms with Gasteiger partial charge in [-0.25, -0.2) is 8.42 Å². The predicted octanol–water partition coefficient (Wildman–Crippen LogP) is 1.10. The van der Waals surface area contributed by atoms with E-state index in [0.29, 0.717) is 18.6 Å². The number of aryl methyl sites for hydroxylation is 1. The van der Waals surface area contributed by atoms with E-state index in [0.717, 1.165) is 0 Å². The maximum absolute atomic E-state index is 13.2. The molecule has 0 aliphatic carbocycles. The van der Waals surface area contributed by atoms with Crippen molar-refractivity contribution in [2.75, 3.05) is 26.1 Å². The van der Waals surface area contributed by atoms with Crippen molar-refractivity contribution >= 4 is 21.7 Å². The van der Waals surface area contributed by atoms with Gasteiger partial charge in [0.1, 0.15) is 23.5 Å². The Morgan fingerprint density at radius 2 is 2.03 bits per heavy atom. The molecule has 3 rings (SSSR count). The van der Waals surface area contributed by atoms with E-state index in [1.807, 2.05) is 6.07 Å². The van der Waals surface area contributed by atoms with Crippen LogP contribution in [0.15, 0.2) is 29.3 Å². The highest BCUT2D eigenvalue weighted by molar-refractivity contribution is 7.89. The first-order chi connectivity index (χ1) is 13.8. The van der Waals surface area contributed by atoms with Gasteiger partial charge in [-0.05, 0) is 25.0 Å². The molecular weight excluding hydrogens is 398 g/mol. The van der Waals surface area contributed by atoms with E-state index < -0.39 is 22.0 Å². The maximum atomic E-state index is 13.2. The van der Waals surface area contributed by atoms with Crippen LogP contribution in [0, 0.1) is 11.3 Å². The van der Waals surface area contributed by atoms with Gasteiger partial charge < -0.3 is 14.8 Å². The van der Waals surface area contributed by atoms with Crippen LogP contribution in [0.1, 0.15) is 18.4 Å². The largest absolute Gasteiger partial charge is 0.493 e. The van der Waals surface area contributed by atoms with Crippen LogP contribution < -0.4 is 14.8 Å². The van der Waals surface area contributed by atoms with Crippen molar-refractivity contribution < 1.29 is 22.7 Å². The summed E-state index contributed by atoms with van der Waals surface area (Å²) in [6, 6.07) is 5.35. The summed E-state index contributed by atoms with van der Waals surface area (Å²) in [4.78, 5) is 12.8. The molecule has 1 atom stereocenters. The molecule has 0 spiro atoms. The van der Waals surface area contributed by atoms with Gasteiger partial charge in [0.2, 0.25) is 15.9 Å². The fourth-order valence-electron chi connectivity index (χ4n) is 3.27. The van der Waals surface area contributed by atoms with Gasteiger partial charge in [0.05, 0.1) is 25.3 Å². The number of aromatic nitrogens is 2. The molecule has 1 aliphatic heterocycles. The zero-order valence-electron chi connectivity index (χ0n) is 16.2. The van der Waals surface area contributed by atoms with Crippen LogP contribution >= 0.6 is 0 Å². The van der Waals surface area contributed by atoms with E-state index in [2.05, 4.69) is 10.4 Å². The number of ether oxygens (including phenoxy) is 2. The molecule has 10 nitrogen and oxygen atoms in total. The summed E-state index contributed by atoms with van der Waals surface area (Å²) in [7, 11) is 0.518. The topological polar surface area (TPSA) is 127 Å². The lowest BCUT2D eigenvalue weighted by Crippen LogP contribution is -2.43. The number of sulfonamides is 1. The third kappa shape index (κ3) is 3.76. The Morgan fingerprint density at radius 3 is 2.69 bits per heavy atom. The zero-order valence-corrected chi connectivity index (χ0v) is 17.1. The number of carbonyl (C=O) groups excluding carboxylic acids is 1. The van der Waals surface area contributed by atoms with Crippen molar-refractivity contribution in [3.8, 4) is 17.6 Å². The SMILES string of the molecule is COc1ccc(S(=O)(=O)N2CCCC2C(=O)Nc2c(C#N)cnn2C)cc1OC. The number of amides is 1. The van der Waals surface area contributed by atoms with E-state index in [4.69, 9.17) is 14.7 Å². The third-order valence-electron chi connectivity index (χ3n) is 4.77. The first kappa shape index (κ1) is 20.6. The minimum atomic E-state index is -3.95. The number of carbonyl (C=O) groups is 1. The van der Waals surface area contributed by atoms with Crippen molar-refractivity contribution in [2.24, 2.45) is 7.05 Å². The van der Waals surface area contributed by atoms with Crippen molar-refractivity contribution in [1.82, 2.24) is 14.1 Å². The Bertz CT molecular complexity index is 1070. The molecule has 0 saturated carbocycles. The Balaban J connectivity index is 1.89. The first-order valence-electron chi connectivity index (χ1n) is 8.80. The number of nitriles is 1. The third-order valence-corrected chi connectivity index (χ3v) is 6.67. The molecule has 154 valence electrons. The molecule has 0 bridgehead atoms. The lowest BCUT2D eigenvalue weighted by atomic mass is 10.2. The summed E-state index contributed by atoms with van der Waals surface area (Å²) in [5, 5.41) is 15.7. The van der Waals surface area contributed by atoms with Crippen LogP contribution in [-0.2, 0) is 21.9 Å². The molecule has 0 radical (unpaired) electrons. The van der Waals surface area contributed by atoms with Crippen LogP contribution in [0.4, 0.5) is 5.82 Å². The van der Waals surface area contributed by atoms with Crippen LogP contribution in [0.2, 0.25) is 0 Å². The second-order valence-corrected chi connectivity index (χ2v) is 8.31. The van der Waals surface area contributed by atoms with E-state index in [1.54, 1.807) is 7.05 Å². The van der Waals surface area contributed by atoms with Crippen molar-refractivity contribution in [3.63, 3.8) is 0 Å². The molecule has 2 heterocycles. The number of rotatable bonds is 6. The van der Waals surface area contributed by atoms with E-state index in [1.165, 1.54) is 47.6 Å². The molecule has 1 saturated heterocycles. The first-order valence-corrected chi connectivity index (χ1v) is 10.2. The molecule has 1 aromatic heterocycles. The average Bonchev–Trinajstić information content (AvgIpc) is 3.35. The van der Waals surface area contributed by atoms with E-state index >= 15 is 0 Å². The predicted molar refractivity (Wildman–Crippen MR) is 103 cm³/mol. The Morgan fingerprint density at radius 1 is 1.31 bits per heavy atom. The summed E-state index contributed by atoms with van der Waals surface area (Å²) in [5.74, 6) is 0.407. The van der Waals surface area contributed by atoms with Gasteiger partial charge in [0.25, 0.3) is 0 Å². The Hall–Kier alpha value is -3.10. The van der Waals surface area contributed by atoms with Crippen molar-refractivity contribution in [3.05, 3.63) is 30.0 Å². The molecule has 29 heavy (non-hydrogen) atoms.